The van der Waals surface area contributed by atoms with E-state index in [0.29, 0.717) is 0 Å². The lowest BCUT2D eigenvalue weighted by Gasteiger charge is -2.17. The fourth-order valence-electron chi connectivity index (χ4n) is 1.79. The Morgan fingerprint density at radius 3 is 2.59 bits per heavy atom. The van der Waals surface area contributed by atoms with Gasteiger partial charge in [-0.15, -0.1) is 0 Å². The van der Waals surface area contributed by atoms with Crippen molar-refractivity contribution in [2.75, 3.05) is 5.73 Å². The van der Waals surface area contributed by atoms with Crippen molar-refractivity contribution in [3.63, 3.8) is 0 Å². The Morgan fingerprint density at radius 2 is 1.94 bits per heavy atom. The van der Waals surface area contributed by atoms with Crippen molar-refractivity contribution < 1.29 is 0 Å². The molecule has 0 aliphatic rings. The van der Waals surface area contributed by atoms with E-state index in [1.807, 2.05) is 30.3 Å². The van der Waals surface area contributed by atoms with E-state index in [1.165, 1.54) is 0 Å². The number of nitrogens with two attached hydrogens (primary N) is 2. The van der Waals surface area contributed by atoms with Gasteiger partial charge in [0.2, 0.25) is 0 Å². The first kappa shape index (κ1) is 11.6. The van der Waals surface area contributed by atoms with Gasteiger partial charge in [0.15, 0.2) is 0 Å². The largest absolute Gasteiger partial charge is 0.398 e. The number of nitrogens with one attached hydrogen (secondary N) is 1. The molecule has 1 unspecified atom stereocenters. The zero-order valence-corrected chi connectivity index (χ0v) is 9.51. The van der Waals surface area contributed by atoms with Crippen LogP contribution in [0.3, 0.4) is 0 Å². The first-order chi connectivity index (χ1) is 8.31. The number of hydrogen-bond acceptors (Lipinski definition) is 4. The van der Waals surface area contributed by atoms with E-state index >= 15 is 0 Å². The molecule has 1 aromatic carbocycles. The van der Waals surface area contributed by atoms with Gasteiger partial charge in [0.25, 0.3) is 0 Å². The maximum atomic E-state index is 5.89. The monoisotopic (exact) mass is 228 g/mol. The third-order valence-corrected chi connectivity index (χ3v) is 2.77. The first-order valence-electron chi connectivity index (χ1n) is 5.50. The third kappa shape index (κ3) is 2.81. The molecular formula is C13H16N4. The van der Waals surface area contributed by atoms with Gasteiger partial charge in [0.05, 0.1) is 6.04 Å². The molecule has 5 N–H and O–H groups in total. The number of rotatable bonds is 4. The smallest absolute Gasteiger partial charge is 0.0501 e. The summed E-state index contributed by atoms with van der Waals surface area (Å²) in [5, 5.41) is 0. The van der Waals surface area contributed by atoms with E-state index in [-0.39, 0.29) is 6.04 Å². The van der Waals surface area contributed by atoms with Crippen LogP contribution in [0, 0.1) is 0 Å². The van der Waals surface area contributed by atoms with E-state index in [4.69, 9.17) is 11.6 Å². The predicted octanol–water partition coefficient (Wildman–Crippen LogP) is 1.41. The molecule has 0 aliphatic heterocycles. The Kier molecular flexibility index (Phi) is 3.69. The lowest BCUT2D eigenvalue weighted by atomic mass is 10.00. The number of benzene rings is 1. The molecule has 0 spiro atoms. The summed E-state index contributed by atoms with van der Waals surface area (Å²) in [5.41, 5.74) is 11.6. The standard InChI is InChI=1S/C13H16N4/c14-12-6-7-16-9-11(12)8-13(17-15)10-4-2-1-3-5-10/h1-7,9,13,17H,8,15H2,(H2,14,16). The average molecular weight is 228 g/mol. The fourth-order valence-corrected chi connectivity index (χ4v) is 1.79. The van der Waals surface area contributed by atoms with Gasteiger partial charge >= 0.3 is 0 Å². The molecule has 1 aromatic heterocycles. The Bertz CT molecular complexity index is 470. The van der Waals surface area contributed by atoms with Crippen molar-refractivity contribution >= 4 is 5.69 Å². The van der Waals surface area contributed by atoms with Crippen molar-refractivity contribution in [1.82, 2.24) is 10.4 Å². The summed E-state index contributed by atoms with van der Waals surface area (Å²) >= 11 is 0. The molecule has 0 fully saturated rings. The second-order valence-electron chi connectivity index (χ2n) is 3.91. The summed E-state index contributed by atoms with van der Waals surface area (Å²) in [6, 6.07) is 11.9. The van der Waals surface area contributed by atoms with Crippen LogP contribution in [0.2, 0.25) is 0 Å². The van der Waals surface area contributed by atoms with Crippen LogP contribution in [0.5, 0.6) is 0 Å². The van der Waals surface area contributed by atoms with E-state index in [1.54, 1.807) is 18.5 Å². The Morgan fingerprint density at radius 1 is 1.18 bits per heavy atom. The van der Waals surface area contributed by atoms with Gasteiger partial charge in [0, 0.05) is 18.1 Å². The second kappa shape index (κ2) is 5.43. The highest BCUT2D eigenvalue weighted by Gasteiger charge is 2.11. The molecule has 17 heavy (non-hydrogen) atoms. The molecule has 4 heteroatoms. The third-order valence-electron chi connectivity index (χ3n) is 2.77. The van der Waals surface area contributed by atoms with E-state index in [9.17, 15) is 0 Å². The van der Waals surface area contributed by atoms with Crippen LogP contribution in [0.15, 0.2) is 48.8 Å². The van der Waals surface area contributed by atoms with Crippen LogP contribution in [0.1, 0.15) is 17.2 Å². The van der Waals surface area contributed by atoms with Crippen LogP contribution in [-0.2, 0) is 6.42 Å². The maximum absolute atomic E-state index is 5.89. The van der Waals surface area contributed by atoms with Crippen LogP contribution in [0.25, 0.3) is 0 Å². The minimum absolute atomic E-state index is 0.0442. The fraction of sp³-hybridized carbons (Fsp3) is 0.154. The van der Waals surface area contributed by atoms with Crippen LogP contribution >= 0.6 is 0 Å². The average Bonchev–Trinajstić information content (AvgIpc) is 2.39. The van der Waals surface area contributed by atoms with Gasteiger partial charge in [-0.2, -0.15) is 0 Å². The van der Waals surface area contributed by atoms with Gasteiger partial charge in [-0.1, -0.05) is 30.3 Å². The minimum atomic E-state index is 0.0442. The molecule has 2 rings (SSSR count). The van der Waals surface area contributed by atoms with Gasteiger partial charge in [0.1, 0.15) is 0 Å². The highest BCUT2D eigenvalue weighted by Crippen LogP contribution is 2.20. The summed E-state index contributed by atoms with van der Waals surface area (Å²) < 4.78 is 0. The molecule has 0 amide bonds. The minimum Gasteiger partial charge on any atom is -0.398 e. The molecule has 2 aromatic rings. The lowest BCUT2D eigenvalue weighted by molar-refractivity contribution is 0.552. The molecule has 0 saturated heterocycles. The highest BCUT2D eigenvalue weighted by molar-refractivity contribution is 5.45. The summed E-state index contributed by atoms with van der Waals surface area (Å²) in [4.78, 5) is 4.08. The number of hydrazine groups is 1. The van der Waals surface area contributed by atoms with E-state index in [2.05, 4.69) is 10.4 Å². The molecule has 88 valence electrons. The summed E-state index contributed by atoms with van der Waals surface area (Å²) in [5.74, 6) is 5.59. The van der Waals surface area contributed by atoms with Crippen LogP contribution < -0.4 is 17.0 Å². The van der Waals surface area contributed by atoms with Gasteiger partial charge in [-0.05, 0) is 23.6 Å². The maximum Gasteiger partial charge on any atom is 0.0501 e. The van der Waals surface area contributed by atoms with Gasteiger partial charge in [-0.3, -0.25) is 16.3 Å². The Balaban J connectivity index is 2.19. The van der Waals surface area contributed by atoms with Crippen LogP contribution in [0.4, 0.5) is 5.69 Å². The summed E-state index contributed by atoms with van der Waals surface area (Å²) in [6.45, 7) is 0. The van der Waals surface area contributed by atoms with E-state index in [0.717, 1.165) is 23.2 Å². The van der Waals surface area contributed by atoms with Crippen molar-refractivity contribution in [3.05, 3.63) is 59.9 Å². The zero-order chi connectivity index (χ0) is 12.1. The molecule has 4 nitrogen and oxygen atoms in total. The number of nitrogen functional groups attached to an aromatic ring is 1. The van der Waals surface area contributed by atoms with Crippen molar-refractivity contribution in [3.8, 4) is 0 Å². The van der Waals surface area contributed by atoms with Gasteiger partial charge < -0.3 is 5.73 Å². The van der Waals surface area contributed by atoms with Crippen molar-refractivity contribution in [1.29, 1.82) is 0 Å². The normalized spacial score (nSPS) is 12.3. The quantitative estimate of drug-likeness (QED) is 0.546. The molecule has 0 saturated carbocycles. The molecule has 1 heterocycles. The number of nitrogens with zero attached hydrogens (tertiary/aromatic N) is 1. The summed E-state index contributed by atoms with van der Waals surface area (Å²) in [6.07, 6.45) is 4.19. The zero-order valence-electron chi connectivity index (χ0n) is 9.51. The molecule has 0 aliphatic carbocycles. The Labute approximate surface area is 101 Å². The van der Waals surface area contributed by atoms with Crippen molar-refractivity contribution in [2.45, 2.75) is 12.5 Å². The number of anilines is 1. The molecular weight excluding hydrogens is 212 g/mol. The molecule has 1 atom stereocenters. The first-order valence-corrected chi connectivity index (χ1v) is 5.50. The van der Waals surface area contributed by atoms with Gasteiger partial charge in [-0.25, -0.2) is 0 Å². The predicted molar refractivity (Wildman–Crippen MR) is 68.9 cm³/mol. The lowest BCUT2D eigenvalue weighted by Crippen LogP contribution is -2.29. The topological polar surface area (TPSA) is 77.0 Å². The number of pyridine rings is 1. The van der Waals surface area contributed by atoms with Crippen LogP contribution in [-0.4, -0.2) is 4.98 Å². The SMILES string of the molecule is NNC(Cc1cnccc1N)c1ccccc1. The van der Waals surface area contributed by atoms with Crippen molar-refractivity contribution in [2.24, 2.45) is 5.84 Å². The second-order valence-corrected chi connectivity index (χ2v) is 3.91. The van der Waals surface area contributed by atoms with E-state index < -0.39 is 0 Å². The molecule has 0 radical (unpaired) electrons. The highest BCUT2D eigenvalue weighted by atomic mass is 15.2. The Hall–Kier alpha value is -1.91. The number of hydrogen-bond donors (Lipinski definition) is 3. The molecule has 0 bridgehead atoms. The number of aromatic nitrogens is 1. The summed E-state index contributed by atoms with van der Waals surface area (Å²) in [7, 11) is 0.